The van der Waals surface area contributed by atoms with Crippen LogP contribution < -0.4 is 5.73 Å². The van der Waals surface area contributed by atoms with Crippen molar-refractivity contribution in [3.8, 4) is 0 Å². The molecule has 1 aromatic carbocycles. The predicted octanol–water partition coefficient (Wildman–Crippen LogP) is 1.87. The third-order valence-electron chi connectivity index (χ3n) is 7.35. The van der Waals surface area contributed by atoms with Crippen LogP contribution in [0, 0.1) is 0 Å². The molecule has 6 unspecified atom stereocenters. The molecule has 230 valence electrons. The van der Waals surface area contributed by atoms with Gasteiger partial charge in [-0.05, 0) is 12.1 Å². The molecule has 3 saturated heterocycles. The average molecular weight is 674 g/mol. The molecule has 4 N–H and O–H groups in total. The summed E-state index contributed by atoms with van der Waals surface area (Å²) in [6.07, 6.45) is -6.01. The van der Waals surface area contributed by atoms with Crippen molar-refractivity contribution in [2.45, 2.75) is 49.1 Å². The van der Waals surface area contributed by atoms with Crippen molar-refractivity contribution in [2.24, 2.45) is 0 Å². The number of hydrogen-bond donors (Lipinski definition) is 5. The van der Waals surface area contributed by atoms with Gasteiger partial charge in [-0.25, -0.2) is 29.1 Å². The summed E-state index contributed by atoms with van der Waals surface area (Å²) in [7, 11) is 0. The molecule has 43 heavy (non-hydrogen) atoms. The second-order valence-electron chi connectivity index (χ2n) is 10.0. The number of imidazole rings is 2. The van der Waals surface area contributed by atoms with Gasteiger partial charge < -0.3 is 30.0 Å². The SMILES string of the molecule is Nc1ncnc2c1ncn2[C@@H]1O[C@@H]2COP(=O)(S)OC3C(O)[C@H](n4cnc5ccccc54)O[C@@H]3COP(=O)(S)OC2C1O. The number of rotatable bonds is 2. The number of nitrogens with zero attached hydrogens (tertiary/aromatic N) is 6. The molecular weight excluding hydrogens is 648 g/mol. The van der Waals surface area contributed by atoms with Crippen LogP contribution in [-0.4, -0.2) is 89.1 Å². The van der Waals surface area contributed by atoms with E-state index in [9.17, 15) is 19.3 Å². The van der Waals surface area contributed by atoms with Crippen LogP contribution in [0.5, 0.6) is 0 Å². The largest absolute Gasteiger partial charge is 0.386 e. The van der Waals surface area contributed by atoms with Crippen LogP contribution in [0.15, 0.2) is 43.2 Å². The zero-order valence-electron chi connectivity index (χ0n) is 21.8. The van der Waals surface area contributed by atoms with E-state index >= 15 is 0 Å². The Hall–Kier alpha value is -2.12. The highest BCUT2D eigenvalue weighted by atomic mass is 32.7. The van der Waals surface area contributed by atoms with Gasteiger partial charge in [0.1, 0.15) is 48.5 Å². The van der Waals surface area contributed by atoms with Gasteiger partial charge in [-0.15, -0.1) is 0 Å². The minimum Gasteiger partial charge on any atom is -0.386 e. The Morgan fingerprint density at radius 3 is 2.07 bits per heavy atom. The van der Waals surface area contributed by atoms with Gasteiger partial charge in [0.05, 0.1) is 36.9 Å². The van der Waals surface area contributed by atoms with Crippen molar-refractivity contribution in [1.29, 1.82) is 0 Å². The number of nitrogens with two attached hydrogens (primary N) is 1. The maximum absolute atomic E-state index is 13.4. The summed E-state index contributed by atoms with van der Waals surface area (Å²) in [5, 5.41) is 22.5. The van der Waals surface area contributed by atoms with E-state index in [1.165, 1.54) is 23.5 Å². The second kappa shape index (κ2) is 11.0. The molecule has 10 atom stereocenters. The lowest BCUT2D eigenvalue weighted by atomic mass is 10.1. The van der Waals surface area contributed by atoms with Gasteiger partial charge in [0.15, 0.2) is 23.9 Å². The van der Waals surface area contributed by atoms with Gasteiger partial charge in [-0.3, -0.25) is 22.7 Å². The predicted molar refractivity (Wildman–Crippen MR) is 154 cm³/mol. The van der Waals surface area contributed by atoms with Gasteiger partial charge in [0.25, 0.3) is 0 Å². The monoisotopic (exact) mass is 673 g/mol. The van der Waals surface area contributed by atoms with Crippen molar-refractivity contribution in [2.75, 3.05) is 18.9 Å². The fourth-order valence-corrected chi connectivity index (χ4v) is 8.35. The summed E-state index contributed by atoms with van der Waals surface area (Å²) in [4.78, 5) is 16.5. The number of anilines is 1. The molecule has 0 radical (unpaired) electrons. The summed E-state index contributed by atoms with van der Waals surface area (Å²) < 4.78 is 64.2. The number of hydrogen-bond acceptors (Lipinski definition) is 15. The van der Waals surface area contributed by atoms with Crippen LogP contribution in [0.1, 0.15) is 12.5 Å². The molecule has 7 rings (SSSR count). The highest BCUT2D eigenvalue weighted by Crippen LogP contribution is 2.60. The molecular formula is C22H25N7O10P2S2. The fourth-order valence-electron chi connectivity index (χ4n) is 5.37. The number of benzene rings is 1. The Kier molecular flexibility index (Phi) is 7.60. The third-order valence-corrected chi connectivity index (χ3v) is 10.6. The standard InChI is InChI=1S/C22H25N7O10P2S2/c23-19-14-20(25-7-24-19)29(9-27-14)22-16(31)18-13(37-22)6-35-40(32,42)38-17-12(5-34-41(33,43)39-18)36-21(15(17)30)28-8-26-10-3-1-2-4-11(10)28/h1-4,7-9,12-13,15-18,21-22,30-31H,5-6H2,(H,32,42)(H,33,43)(H2,23,24,25)/t12-,13-,15?,16?,17?,18?,21-,22-,40?,41?/m1/s1. The summed E-state index contributed by atoms with van der Waals surface area (Å²) in [5.41, 5.74) is 7.71. The number of thiol groups is 2. The van der Waals surface area contributed by atoms with Crippen LogP contribution in [0.3, 0.4) is 0 Å². The van der Waals surface area contributed by atoms with E-state index in [0.717, 1.165) is 0 Å². The molecule has 0 aliphatic carbocycles. The molecule has 0 amide bonds. The van der Waals surface area contributed by atoms with Crippen molar-refractivity contribution < 1.29 is 46.9 Å². The first-order valence-electron chi connectivity index (χ1n) is 12.8. The molecule has 0 saturated carbocycles. The maximum atomic E-state index is 13.4. The molecule has 0 spiro atoms. The van der Waals surface area contributed by atoms with Crippen molar-refractivity contribution in [3.05, 3.63) is 43.2 Å². The first-order valence-corrected chi connectivity index (χ1v) is 18.2. The number of aliphatic hydroxyl groups is 2. The molecule has 4 aromatic rings. The zero-order chi connectivity index (χ0) is 30.1. The second-order valence-corrected chi connectivity index (χ2v) is 15.8. The Labute approximate surface area is 253 Å². The minimum absolute atomic E-state index is 0.113. The maximum Gasteiger partial charge on any atom is 0.386 e. The zero-order valence-corrected chi connectivity index (χ0v) is 25.4. The van der Waals surface area contributed by atoms with E-state index in [4.69, 9.17) is 33.3 Å². The van der Waals surface area contributed by atoms with Crippen LogP contribution in [0.2, 0.25) is 0 Å². The van der Waals surface area contributed by atoms with Gasteiger partial charge in [0, 0.05) is 0 Å². The van der Waals surface area contributed by atoms with Crippen molar-refractivity contribution >= 4 is 66.1 Å². The van der Waals surface area contributed by atoms with Crippen LogP contribution in [-0.2, 0) is 36.7 Å². The lowest BCUT2D eigenvalue weighted by molar-refractivity contribution is -0.0560. The average Bonchev–Trinajstić information content (AvgIpc) is 3.72. The number of fused-ring (bicyclic) bond motifs is 4. The summed E-state index contributed by atoms with van der Waals surface area (Å²) in [5.74, 6) is 0.113. The first kappa shape index (κ1) is 29.6. The topological polar surface area (TPSA) is 217 Å². The van der Waals surface area contributed by atoms with E-state index in [1.807, 2.05) is 6.07 Å². The molecule has 3 aliphatic rings. The van der Waals surface area contributed by atoms with E-state index < -0.39 is 75.9 Å². The molecule has 21 heteroatoms. The lowest BCUT2D eigenvalue weighted by Gasteiger charge is -2.28. The Morgan fingerprint density at radius 1 is 0.837 bits per heavy atom. The minimum atomic E-state index is -4.22. The lowest BCUT2D eigenvalue weighted by Crippen LogP contribution is -2.38. The van der Waals surface area contributed by atoms with E-state index in [2.05, 4.69) is 44.4 Å². The van der Waals surface area contributed by atoms with E-state index in [-0.39, 0.29) is 17.0 Å². The number of aliphatic hydroxyl groups excluding tert-OH is 2. The first-order chi connectivity index (χ1) is 20.5. The molecule has 0 bridgehead atoms. The Bertz CT molecular complexity index is 1780. The fraction of sp³-hybridized carbons (Fsp3) is 0.455. The van der Waals surface area contributed by atoms with Crippen molar-refractivity contribution in [3.63, 3.8) is 0 Å². The van der Waals surface area contributed by atoms with E-state index in [1.54, 1.807) is 22.8 Å². The molecule has 3 aliphatic heterocycles. The van der Waals surface area contributed by atoms with Gasteiger partial charge in [-0.2, -0.15) is 0 Å². The van der Waals surface area contributed by atoms with Crippen LogP contribution in [0.4, 0.5) is 5.82 Å². The van der Waals surface area contributed by atoms with E-state index in [0.29, 0.717) is 11.0 Å². The van der Waals surface area contributed by atoms with Gasteiger partial charge in [0.2, 0.25) is 0 Å². The Morgan fingerprint density at radius 2 is 1.42 bits per heavy atom. The molecule has 17 nitrogen and oxygen atoms in total. The van der Waals surface area contributed by atoms with Gasteiger partial charge in [-0.1, -0.05) is 36.6 Å². The van der Waals surface area contributed by atoms with Crippen LogP contribution >= 0.6 is 38.1 Å². The highest BCUT2D eigenvalue weighted by molar-refractivity contribution is 8.44. The number of para-hydroxylation sites is 2. The highest BCUT2D eigenvalue weighted by Gasteiger charge is 2.53. The Balaban J connectivity index is 1.16. The van der Waals surface area contributed by atoms with Crippen LogP contribution in [0.25, 0.3) is 22.2 Å². The summed E-state index contributed by atoms with van der Waals surface area (Å²) >= 11 is 8.20. The number of aromatic nitrogens is 6. The smallest absolute Gasteiger partial charge is 0.386 e. The number of ether oxygens (including phenoxy) is 2. The molecule has 3 aromatic heterocycles. The molecule has 3 fully saturated rings. The van der Waals surface area contributed by atoms with Gasteiger partial charge >= 0.3 is 13.6 Å². The number of nitrogen functional groups attached to an aromatic ring is 1. The van der Waals surface area contributed by atoms with Crippen molar-refractivity contribution in [1.82, 2.24) is 29.1 Å². The summed E-state index contributed by atoms with van der Waals surface area (Å²) in [6.45, 7) is -9.40. The third kappa shape index (κ3) is 5.41. The normalized spacial score (nSPS) is 38.9. The quantitative estimate of drug-likeness (QED) is 0.152. The summed E-state index contributed by atoms with van der Waals surface area (Å²) in [6, 6.07) is 7.19. The molecule has 6 heterocycles.